The zero-order chi connectivity index (χ0) is 18.1. The average Bonchev–Trinajstić information content (AvgIpc) is 3.38. The molecule has 0 radical (unpaired) electrons. The highest BCUT2D eigenvalue weighted by Gasteiger charge is 2.27. The number of rotatable bonds is 5. The Morgan fingerprint density at radius 1 is 1.31 bits per heavy atom. The van der Waals surface area contributed by atoms with Crippen LogP contribution >= 0.6 is 0 Å². The van der Waals surface area contributed by atoms with E-state index in [0.29, 0.717) is 23.1 Å². The summed E-state index contributed by atoms with van der Waals surface area (Å²) in [6.45, 7) is 4.18. The minimum Gasteiger partial charge on any atom is -0.468 e. The van der Waals surface area contributed by atoms with Crippen molar-refractivity contribution in [2.24, 2.45) is 0 Å². The van der Waals surface area contributed by atoms with Gasteiger partial charge in [0.25, 0.3) is 5.91 Å². The van der Waals surface area contributed by atoms with Crippen molar-refractivity contribution in [2.75, 3.05) is 19.6 Å². The lowest BCUT2D eigenvalue weighted by atomic mass is 10.1. The maximum atomic E-state index is 13.5. The van der Waals surface area contributed by atoms with Crippen LogP contribution in [0, 0.1) is 12.7 Å². The lowest BCUT2D eigenvalue weighted by Crippen LogP contribution is -2.36. The van der Waals surface area contributed by atoms with Gasteiger partial charge in [-0.1, -0.05) is 0 Å². The number of carbonyl (C=O) groups is 1. The van der Waals surface area contributed by atoms with Gasteiger partial charge in [-0.25, -0.2) is 4.39 Å². The molecule has 4 rings (SSSR count). The quantitative estimate of drug-likeness (QED) is 0.750. The largest absolute Gasteiger partial charge is 0.468 e. The molecule has 1 aliphatic heterocycles. The van der Waals surface area contributed by atoms with Gasteiger partial charge in [-0.05, 0) is 63.2 Å². The number of hydrogen-bond acceptors (Lipinski definition) is 4. The van der Waals surface area contributed by atoms with Crippen LogP contribution in [0.3, 0.4) is 0 Å². The summed E-state index contributed by atoms with van der Waals surface area (Å²) in [5.74, 6) is 0.427. The van der Waals surface area contributed by atoms with E-state index in [9.17, 15) is 9.18 Å². The number of nitrogens with one attached hydrogen (secondary N) is 1. The van der Waals surface area contributed by atoms with E-state index in [-0.39, 0.29) is 23.5 Å². The molecule has 0 aliphatic carbocycles. The third-order valence-electron chi connectivity index (χ3n) is 5.01. The Morgan fingerprint density at radius 2 is 2.12 bits per heavy atom. The van der Waals surface area contributed by atoms with Gasteiger partial charge in [-0.3, -0.25) is 9.69 Å². The Balaban J connectivity index is 1.53. The molecule has 6 heteroatoms. The van der Waals surface area contributed by atoms with Crippen molar-refractivity contribution >= 4 is 16.9 Å². The second kappa shape index (κ2) is 6.96. The predicted octanol–water partition coefficient (Wildman–Crippen LogP) is 4.04. The molecular formula is C20H21FN2O3. The van der Waals surface area contributed by atoms with Gasteiger partial charge in [0, 0.05) is 17.5 Å². The number of nitrogens with zero attached hydrogens (tertiary/aromatic N) is 1. The molecule has 1 atom stereocenters. The van der Waals surface area contributed by atoms with Gasteiger partial charge in [0.2, 0.25) is 0 Å². The fourth-order valence-electron chi connectivity index (χ4n) is 3.62. The summed E-state index contributed by atoms with van der Waals surface area (Å²) in [4.78, 5) is 15.0. The van der Waals surface area contributed by atoms with E-state index < -0.39 is 0 Å². The minimum atomic E-state index is -0.347. The van der Waals surface area contributed by atoms with Crippen molar-refractivity contribution in [3.05, 3.63) is 59.5 Å². The smallest absolute Gasteiger partial charge is 0.287 e. The maximum absolute atomic E-state index is 13.5. The number of fused-ring (bicyclic) bond motifs is 1. The van der Waals surface area contributed by atoms with Gasteiger partial charge in [-0.2, -0.15) is 0 Å². The van der Waals surface area contributed by atoms with Crippen LogP contribution in [0.2, 0.25) is 0 Å². The number of benzene rings is 1. The van der Waals surface area contributed by atoms with E-state index in [0.717, 1.165) is 31.7 Å². The lowest BCUT2D eigenvalue weighted by molar-refractivity contribution is 0.0907. The number of likely N-dealkylation sites (tertiary alicyclic amines) is 1. The third kappa shape index (κ3) is 3.12. The molecule has 26 heavy (non-hydrogen) atoms. The summed E-state index contributed by atoms with van der Waals surface area (Å²) in [7, 11) is 0. The first-order valence-electron chi connectivity index (χ1n) is 8.88. The Labute approximate surface area is 150 Å². The lowest BCUT2D eigenvalue weighted by Gasteiger charge is -2.25. The summed E-state index contributed by atoms with van der Waals surface area (Å²) in [6.07, 6.45) is 3.96. The highest BCUT2D eigenvalue weighted by molar-refractivity contribution is 5.98. The molecular weight excluding hydrogens is 335 g/mol. The summed E-state index contributed by atoms with van der Waals surface area (Å²) in [5.41, 5.74) is 1.16. The van der Waals surface area contributed by atoms with Crippen LogP contribution in [-0.4, -0.2) is 30.4 Å². The number of furan rings is 2. The van der Waals surface area contributed by atoms with Gasteiger partial charge >= 0.3 is 0 Å². The summed E-state index contributed by atoms with van der Waals surface area (Å²) in [5, 5.41) is 3.58. The third-order valence-corrected chi connectivity index (χ3v) is 5.01. The van der Waals surface area contributed by atoms with Crippen molar-refractivity contribution in [2.45, 2.75) is 25.8 Å². The molecule has 136 valence electrons. The van der Waals surface area contributed by atoms with Crippen molar-refractivity contribution in [3.63, 3.8) is 0 Å². The highest BCUT2D eigenvalue weighted by Crippen LogP contribution is 2.27. The van der Waals surface area contributed by atoms with E-state index in [1.165, 1.54) is 12.1 Å². The topological polar surface area (TPSA) is 58.6 Å². The van der Waals surface area contributed by atoms with Crippen LogP contribution in [-0.2, 0) is 0 Å². The monoisotopic (exact) mass is 356 g/mol. The maximum Gasteiger partial charge on any atom is 0.287 e. The summed E-state index contributed by atoms with van der Waals surface area (Å²) >= 11 is 0. The van der Waals surface area contributed by atoms with E-state index in [1.807, 2.05) is 12.1 Å². The molecule has 2 aromatic heterocycles. The molecule has 5 nitrogen and oxygen atoms in total. The standard InChI is InChI=1S/C20H21FN2O3/c1-13-15-11-14(21)6-7-17(15)26-19(13)20(24)22-12-16(18-5-4-10-25-18)23-8-2-3-9-23/h4-7,10-11,16H,2-3,8-9,12H2,1H3,(H,22,24)/t16-/m0/s1. The Kier molecular flexibility index (Phi) is 4.51. The normalized spacial score (nSPS) is 16.2. The molecule has 1 N–H and O–H groups in total. The van der Waals surface area contributed by atoms with E-state index in [1.54, 1.807) is 19.3 Å². The van der Waals surface area contributed by atoms with Gasteiger partial charge in [-0.15, -0.1) is 0 Å². The molecule has 1 amide bonds. The predicted molar refractivity (Wildman–Crippen MR) is 95.5 cm³/mol. The summed E-state index contributed by atoms with van der Waals surface area (Å²) in [6, 6.07) is 8.06. The molecule has 0 saturated carbocycles. The highest BCUT2D eigenvalue weighted by atomic mass is 19.1. The van der Waals surface area contributed by atoms with Crippen LogP contribution in [0.1, 0.15) is 40.8 Å². The Bertz CT molecular complexity index is 911. The zero-order valence-corrected chi connectivity index (χ0v) is 14.6. The number of carbonyl (C=O) groups excluding carboxylic acids is 1. The van der Waals surface area contributed by atoms with Crippen LogP contribution in [0.4, 0.5) is 4.39 Å². The fraction of sp³-hybridized carbons (Fsp3) is 0.350. The first-order valence-corrected chi connectivity index (χ1v) is 8.88. The molecule has 0 spiro atoms. The first-order chi connectivity index (χ1) is 12.6. The first kappa shape index (κ1) is 16.8. The van der Waals surface area contributed by atoms with Gasteiger partial charge < -0.3 is 14.2 Å². The van der Waals surface area contributed by atoms with Gasteiger partial charge in [0.1, 0.15) is 17.2 Å². The van der Waals surface area contributed by atoms with Crippen LogP contribution in [0.15, 0.2) is 45.4 Å². The zero-order valence-electron chi connectivity index (χ0n) is 14.6. The second-order valence-corrected chi connectivity index (χ2v) is 6.68. The van der Waals surface area contributed by atoms with Crippen LogP contribution in [0.5, 0.6) is 0 Å². The van der Waals surface area contributed by atoms with E-state index in [2.05, 4.69) is 10.2 Å². The molecule has 1 saturated heterocycles. The molecule has 0 unspecified atom stereocenters. The molecule has 3 heterocycles. The molecule has 0 bridgehead atoms. The van der Waals surface area contributed by atoms with Crippen molar-refractivity contribution in [1.82, 2.24) is 10.2 Å². The molecule has 1 aromatic carbocycles. The Hall–Kier alpha value is -2.60. The minimum absolute atomic E-state index is 0.00132. The van der Waals surface area contributed by atoms with Crippen LogP contribution < -0.4 is 5.32 Å². The number of halogens is 1. The number of hydrogen-bond donors (Lipinski definition) is 1. The van der Waals surface area contributed by atoms with Crippen molar-refractivity contribution in [1.29, 1.82) is 0 Å². The van der Waals surface area contributed by atoms with Crippen molar-refractivity contribution < 1.29 is 18.0 Å². The fourth-order valence-corrected chi connectivity index (χ4v) is 3.62. The average molecular weight is 356 g/mol. The SMILES string of the molecule is Cc1c(C(=O)NC[C@@H](c2ccco2)N2CCCC2)oc2ccc(F)cc12. The summed E-state index contributed by atoms with van der Waals surface area (Å²) < 4.78 is 24.7. The van der Waals surface area contributed by atoms with Gasteiger partial charge in [0.15, 0.2) is 5.76 Å². The number of aryl methyl sites for hydroxylation is 1. The molecule has 1 fully saturated rings. The second-order valence-electron chi connectivity index (χ2n) is 6.68. The van der Waals surface area contributed by atoms with Gasteiger partial charge in [0.05, 0.1) is 12.3 Å². The van der Waals surface area contributed by atoms with E-state index >= 15 is 0 Å². The molecule has 1 aliphatic rings. The van der Waals surface area contributed by atoms with Crippen molar-refractivity contribution in [3.8, 4) is 0 Å². The molecule has 3 aromatic rings. The van der Waals surface area contributed by atoms with Crippen LogP contribution in [0.25, 0.3) is 11.0 Å². The van der Waals surface area contributed by atoms with E-state index in [4.69, 9.17) is 8.83 Å². The number of amides is 1. The Morgan fingerprint density at radius 3 is 2.85 bits per heavy atom.